The third-order valence-electron chi connectivity index (χ3n) is 4.28. The van der Waals surface area contributed by atoms with Crippen molar-refractivity contribution in [1.82, 2.24) is 19.2 Å². The Kier molecular flexibility index (Phi) is 3.84. The Bertz CT molecular complexity index is 829. The first-order valence-electron chi connectivity index (χ1n) is 7.26. The van der Waals surface area contributed by atoms with Gasteiger partial charge in [0.2, 0.25) is 10.0 Å². The van der Waals surface area contributed by atoms with Gasteiger partial charge in [-0.25, -0.2) is 13.2 Å². The topological polar surface area (TPSA) is 89.3 Å². The monoisotopic (exact) mass is 324 g/mol. The van der Waals surface area contributed by atoms with Gasteiger partial charge in [0.05, 0.1) is 15.9 Å². The molecule has 1 aromatic heterocycles. The molecule has 2 heterocycles. The molecule has 0 unspecified atom stereocenters. The van der Waals surface area contributed by atoms with Gasteiger partial charge >= 0.3 is 5.69 Å². The molecule has 0 spiro atoms. The molecule has 3 rings (SSSR count). The summed E-state index contributed by atoms with van der Waals surface area (Å²) >= 11 is 0. The standard InChI is InChI=1S/C14H20N4O3S/c1-17(2)10-5-7-18(8-6-10)22(20,21)11-3-4-12-13(9-11)16-14(19)15-12/h3-4,9-10H,5-8H2,1-2H3,(H2,15,16,19). The Morgan fingerprint density at radius 1 is 1.14 bits per heavy atom. The summed E-state index contributed by atoms with van der Waals surface area (Å²) in [6, 6.07) is 5.10. The van der Waals surface area contributed by atoms with E-state index in [0.29, 0.717) is 30.2 Å². The first-order chi connectivity index (χ1) is 10.4. The van der Waals surface area contributed by atoms with Crippen LogP contribution in [0.2, 0.25) is 0 Å². The van der Waals surface area contributed by atoms with Crippen LogP contribution in [-0.2, 0) is 10.0 Å². The summed E-state index contributed by atoms with van der Waals surface area (Å²) in [7, 11) is 0.523. The number of nitrogens with zero attached hydrogens (tertiary/aromatic N) is 2. The highest BCUT2D eigenvalue weighted by Gasteiger charge is 2.30. The molecule has 1 aliphatic rings. The lowest BCUT2D eigenvalue weighted by atomic mass is 10.1. The van der Waals surface area contributed by atoms with Crippen LogP contribution in [0, 0.1) is 0 Å². The maximum Gasteiger partial charge on any atom is 0.323 e. The molecule has 1 aliphatic heterocycles. The van der Waals surface area contributed by atoms with E-state index in [-0.39, 0.29) is 10.6 Å². The molecule has 0 saturated carbocycles. The first-order valence-corrected chi connectivity index (χ1v) is 8.70. The van der Waals surface area contributed by atoms with E-state index in [1.54, 1.807) is 12.1 Å². The van der Waals surface area contributed by atoms with Crippen LogP contribution in [-0.4, -0.2) is 60.8 Å². The molecule has 8 heteroatoms. The summed E-state index contributed by atoms with van der Waals surface area (Å²) in [6.07, 6.45) is 1.66. The number of benzene rings is 1. The van der Waals surface area contributed by atoms with Gasteiger partial charge in [-0.1, -0.05) is 0 Å². The molecule has 0 radical (unpaired) electrons. The molecule has 0 bridgehead atoms. The lowest BCUT2D eigenvalue weighted by molar-refractivity contribution is 0.196. The third-order valence-corrected chi connectivity index (χ3v) is 6.17. The second kappa shape index (κ2) is 5.53. The van der Waals surface area contributed by atoms with E-state index in [1.807, 2.05) is 14.1 Å². The number of nitrogens with one attached hydrogen (secondary N) is 2. The SMILES string of the molecule is CN(C)C1CCN(S(=O)(=O)c2ccc3[nH]c(=O)[nH]c3c2)CC1. The van der Waals surface area contributed by atoms with Gasteiger partial charge in [-0.05, 0) is 45.1 Å². The zero-order chi connectivity index (χ0) is 15.9. The van der Waals surface area contributed by atoms with Crippen LogP contribution in [0.5, 0.6) is 0 Å². The van der Waals surface area contributed by atoms with Crippen molar-refractivity contribution in [3.8, 4) is 0 Å². The van der Waals surface area contributed by atoms with E-state index < -0.39 is 10.0 Å². The van der Waals surface area contributed by atoms with Gasteiger partial charge < -0.3 is 14.9 Å². The maximum atomic E-state index is 12.7. The average molecular weight is 324 g/mol. The predicted molar refractivity (Wildman–Crippen MR) is 84.4 cm³/mol. The van der Waals surface area contributed by atoms with Crippen molar-refractivity contribution in [3.05, 3.63) is 28.7 Å². The Hall–Kier alpha value is -1.64. The summed E-state index contributed by atoms with van der Waals surface area (Å²) in [5.74, 6) is 0. The largest absolute Gasteiger partial charge is 0.323 e. The van der Waals surface area contributed by atoms with Gasteiger partial charge in [0.25, 0.3) is 0 Å². The van der Waals surface area contributed by atoms with Gasteiger partial charge in [-0.15, -0.1) is 0 Å². The van der Waals surface area contributed by atoms with E-state index in [0.717, 1.165) is 12.8 Å². The summed E-state index contributed by atoms with van der Waals surface area (Å²) in [5.41, 5.74) is 0.779. The van der Waals surface area contributed by atoms with Crippen LogP contribution >= 0.6 is 0 Å². The molecule has 0 amide bonds. The van der Waals surface area contributed by atoms with E-state index in [4.69, 9.17) is 0 Å². The van der Waals surface area contributed by atoms with Crippen LogP contribution in [0.15, 0.2) is 27.9 Å². The van der Waals surface area contributed by atoms with Crippen molar-refractivity contribution < 1.29 is 8.42 Å². The Labute approximate surface area is 129 Å². The van der Waals surface area contributed by atoms with Crippen LogP contribution in [0.4, 0.5) is 0 Å². The zero-order valence-corrected chi connectivity index (χ0v) is 13.5. The highest BCUT2D eigenvalue weighted by Crippen LogP contribution is 2.23. The Morgan fingerprint density at radius 2 is 1.77 bits per heavy atom. The minimum absolute atomic E-state index is 0.221. The fourth-order valence-corrected chi connectivity index (χ4v) is 4.42. The number of imidazole rings is 1. The van der Waals surface area contributed by atoms with Crippen LogP contribution in [0.25, 0.3) is 11.0 Å². The van der Waals surface area contributed by atoms with E-state index in [9.17, 15) is 13.2 Å². The van der Waals surface area contributed by atoms with E-state index in [1.165, 1.54) is 10.4 Å². The van der Waals surface area contributed by atoms with Gasteiger partial charge in [0, 0.05) is 19.1 Å². The zero-order valence-electron chi connectivity index (χ0n) is 12.7. The van der Waals surface area contributed by atoms with Crippen molar-refractivity contribution in [3.63, 3.8) is 0 Å². The molecular formula is C14H20N4O3S. The van der Waals surface area contributed by atoms with Crippen LogP contribution in [0.3, 0.4) is 0 Å². The molecular weight excluding hydrogens is 304 g/mol. The summed E-state index contributed by atoms with van der Waals surface area (Å²) in [4.78, 5) is 18.8. The lowest BCUT2D eigenvalue weighted by Crippen LogP contribution is -2.44. The van der Waals surface area contributed by atoms with Gasteiger partial charge in [0.15, 0.2) is 0 Å². The smallest absolute Gasteiger partial charge is 0.306 e. The first kappa shape index (κ1) is 15.3. The highest BCUT2D eigenvalue weighted by atomic mass is 32.2. The molecule has 0 aliphatic carbocycles. The fourth-order valence-electron chi connectivity index (χ4n) is 2.92. The second-order valence-electron chi connectivity index (χ2n) is 5.89. The molecule has 1 saturated heterocycles. The number of fused-ring (bicyclic) bond motifs is 1. The molecule has 1 aromatic carbocycles. The molecule has 1 fully saturated rings. The van der Waals surface area contributed by atoms with Crippen molar-refractivity contribution in [2.45, 2.75) is 23.8 Å². The molecule has 22 heavy (non-hydrogen) atoms. The maximum absolute atomic E-state index is 12.7. The fraction of sp³-hybridized carbons (Fsp3) is 0.500. The summed E-state index contributed by atoms with van der Waals surface area (Å²) in [5, 5.41) is 0. The van der Waals surface area contributed by atoms with Gasteiger partial charge in [-0.2, -0.15) is 4.31 Å². The Balaban J connectivity index is 1.87. The van der Waals surface area contributed by atoms with Crippen molar-refractivity contribution in [2.75, 3.05) is 27.2 Å². The van der Waals surface area contributed by atoms with Crippen molar-refractivity contribution >= 4 is 21.1 Å². The number of aromatic nitrogens is 2. The summed E-state index contributed by atoms with van der Waals surface area (Å²) < 4.78 is 27.0. The second-order valence-corrected chi connectivity index (χ2v) is 7.82. The molecule has 2 aromatic rings. The highest BCUT2D eigenvalue weighted by molar-refractivity contribution is 7.89. The van der Waals surface area contributed by atoms with Crippen LogP contribution < -0.4 is 5.69 Å². The van der Waals surface area contributed by atoms with Crippen LogP contribution in [0.1, 0.15) is 12.8 Å². The normalized spacial score (nSPS) is 18.3. The predicted octanol–water partition coefficient (Wildman–Crippen LogP) is 0.571. The molecule has 7 nitrogen and oxygen atoms in total. The molecule has 120 valence electrons. The lowest BCUT2D eigenvalue weighted by Gasteiger charge is -2.34. The average Bonchev–Trinajstić information content (AvgIpc) is 2.86. The van der Waals surface area contributed by atoms with Crippen molar-refractivity contribution in [2.24, 2.45) is 0 Å². The third kappa shape index (κ3) is 2.69. The van der Waals surface area contributed by atoms with E-state index in [2.05, 4.69) is 14.9 Å². The van der Waals surface area contributed by atoms with E-state index >= 15 is 0 Å². The summed E-state index contributed by atoms with van der Waals surface area (Å²) in [6.45, 7) is 1.04. The molecule has 2 N–H and O–H groups in total. The number of piperidine rings is 1. The number of hydrogen-bond donors (Lipinski definition) is 2. The Morgan fingerprint density at radius 3 is 2.41 bits per heavy atom. The molecule has 0 atom stereocenters. The quantitative estimate of drug-likeness (QED) is 0.864. The number of sulfonamides is 1. The number of aromatic amines is 2. The number of hydrogen-bond acceptors (Lipinski definition) is 4. The minimum atomic E-state index is -3.51. The van der Waals surface area contributed by atoms with Gasteiger partial charge in [0.1, 0.15) is 0 Å². The van der Waals surface area contributed by atoms with Gasteiger partial charge in [-0.3, -0.25) is 0 Å². The van der Waals surface area contributed by atoms with Crippen molar-refractivity contribution in [1.29, 1.82) is 0 Å². The number of rotatable bonds is 3. The minimum Gasteiger partial charge on any atom is -0.306 e. The number of H-pyrrole nitrogens is 2.